The van der Waals surface area contributed by atoms with Gasteiger partial charge in [-0.05, 0) is 0 Å². The van der Waals surface area contributed by atoms with E-state index in [-0.39, 0.29) is 13.2 Å². The zero-order valence-corrected chi connectivity index (χ0v) is 5.14. The van der Waals surface area contributed by atoms with E-state index in [4.69, 9.17) is 4.11 Å². The zero-order chi connectivity index (χ0) is 9.56. The lowest BCUT2D eigenvalue weighted by atomic mass is 10.6. The molecule has 0 spiro atoms. The molecule has 9 heavy (non-hydrogen) atoms. The van der Waals surface area contributed by atoms with Crippen molar-refractivity contribution >= 4 is 5.97 Å². The molecular formula is C6H10O3. The molecule has 0 radical (unpaired) electrons. The predicted molar refractivity (Wildman–Crippen MR) is 33.0 cm³/mol. The van der Waals surface area contributed by atoms with Crippen molar-refractivity contribution in [2.45, 2.75) is 0 Å². The second kappa shape index (κ2) is 5.31. The van der Waals surface area contributed by atoms with E-state index in [1.807, 2.05) is 0 Å². The Hall–Kier alpha value is -0.830. The molecule has 0 aromatic carbocycles. The molecule has 0 rings (SSSR count). The maximum atomic E-state index is 10.7. The highest BCUT2D eigenvalue weighted by molar-refractivity contribution is 5.81. The smallest absolute Gasteiger partial charge is 0.330 e. The second-order valence-corrected chi connectivity index (χ2v) is 1.25. The summed E-state index contributed by atoms with van der Waals surface area (Å²) in [5.74, 6) is -0.966. The molecule has 0 atom stereocenters. The van der Waals surface area contributed by atoms with Gasteiger partial charge in [0.2, 0.25) is 0 Å². The van der Waals surface area contributed by atoms with Gasteiger partial charge in [-0.15, -0.1) is 0 Å². The van der Waals surface area contributed by atoms with Gasteiger partial charge in [0, 0.05) is 13.2 Å². The summed E-state index contributed by atoms with van der Waals surface area (Å²) in [4.78, 5) is 10.7. The highest BCUT2D eigenvalue weighted by Crippen LogP contribution is 1.78. The summed E-state index contributed by atoms with van der Waals surface area (Å²) in [5.41, 5.74) is 0. The third kappa shape index (κ3) is 5.03. The summed E-state index contributed by atoms with van der Waals surface area (Å²) in [7, 11) is 1.45. The Morgan fingerprint density at radius 1 is 2.00 bits per heavy atom. The van der Waals surface area contributed by atoms with Gasteiger partial charge in [0.25, 0.3) is 0 Å². The lowest BCUT2D eigenvalue weighted by molar-refractivity contribution is -0.138. The summed E-state index contributed by atoms with van der Waals surface area (Å²) in [6, 6.07) is -0.744. The molecule has 0 saturated heterocycles. The quantitative estimate of drug-likeness (QED) is 0.315. The van der Waals surface area contributed by atoms with E-state index in [2.05, 4.69) is 9.47 Å². The third-order valence-electron chi connectivity index (χ3n) is 0.623. The van der Waals surface area contributed by atoms with Crippen LogP contribution in [-0.2, 0) is 14.3 Å². The van der Waals surface area contributed by atoms with Gasteiger partial charge in [-0.1, -0.05) is 6.53 Å². The molecule has 0 heterocycles. The Balaban J connectivity index is 3.81. The van der Waals surface area contributed by atoms with Crippen molar-refractivity contribution in [1.29, 1.82) is 0 Å². The lowest BCUT2D eigenvalue weighted by Gasteiger charge is -1.98. The van der Waals surface area contributed by atoms with Gasteiger partial charge < -0.3 is 9.47 Å². The first-order valence-corrected chi connectivity index (χ1v) is 2.39. The van der Waals surface area contributed by atoms with Crippen LogP contribution in [0, 0.1) is 0 Å². The van der Waals surface area contributed by atoms with Crippen LogP contribution in [0.25, 0.3) is 0 Å². The van der Waals surface area contributed by atoms with Gasteiger partial charge in [0.1, 0.15) is 6.61 Å². The Labute approximate surface area is 58.5 Å². The molecule has 52 valence electrons. The largest absolute Gasteiger partial charge is 0.460 e. The van der Waals surface area contributed by atoms with Gasteiger partial charge >= 0.3 is 5.97 Å². The SMILES string of the molecule is [2H]C([2H])=C([2H])C(=O)OCCOC. The standard InChI is InChI=1S/C6H10O3/c1-3-6(7)9-5-4-8-2/h3H,1,4-5H2,2H3/i1D2,3D. The highest BCUT2D eigenvalue weighted by atomic mass is 16.6. The number of esters is 1. The molecule has 0 N–H and O–H groups in total. The molecular weight excluding hydrogens is 120 g/mol. The fourth-order valence-electron chi connectivity index (χ4n) is 0.254. The van der Waals surface area contributed by atoms with Crippen LogP contribution in [-0.4, -0.2) is 26.3 Å². The number of hydrogen-bond donors (Lipinski definition) is 0. The minimum Gasteiger partial charge on any atom is -0.460 e. The van der Waals surface area contributed by atoms with Gasteiger partial charge in [-0.3, -0.25) is 0 Å². The molecule has 0 aliphatic heterocycles. The van der Waals surface area contributed by atoms with Gasteiger partial charge in [-0.25, -0.2) is 4.79 Å². The van der Waals surface area contributed by atoms with Crippen molar-refractivity contribution in [2.24, 2.45) is 0 Å². The molecule has 0 unspecified atom stereocenters. The van der Waals surface area contributed by atoms with Gasteiger partial charge in [0.15, 0.2) is 0 Å². The number of carbonyl (C=O) groups excluding carboxylic acids is 1. The predicted octanol–water partition coefficient (Wildman–Crippen LogP) is 0.362. The van der Waals surface area contributed by atoms with Crippen LogP contribution in [0.2, 0.25) is 0 Å². The summed E-state index contributed by atoms with van der Waals surface area (Å²) in [6.07, 6.45) is 0. The number of carbonyl (C=O) groups is 1. The number of hydrogen-bond acceptors (Lipinski definition) is 3. The van der Waals surface area contributed by atoms with Gasteiger partial charge in [-0.2, -0.15) is 0 Å². The van der Waals surface area contributed by atoms with Crippen molar-refractivity contribution in [3.05, 3.63) is 12.6 Å². The maximum absolute atomic E-state index is 10.7. The first-order valence-electron chi connectivity index (χ1n) is 3.89. The molecule has 0 aliphatic rings. The first-order chi connectivity index (χ1) is 5.59. The number of rotatable bonds is 4. The van der Waals surface area contributed by atoms with Crippen LogP contribution in [0.3, 0.4) is 0 Å². The van der Waals surface area contributed by atoms with Crippen LogP contribution < -0.4 is 0 Å². The Bertz CT molecular complexity index is 186. The van der Waals surface area contributed by atoms with E-state index in [0.717, 1.165) is 0 Å². The topological polar surface area (TPSA) is 35.5 Å². The average Bonchev–Trinajstić information content (AvgIpc) is 2.03. The van der Waals surface area contributed by atoms with Crippen molar-refractivity contribution in [1.82, 2.24) is 0 Å². The van der Waals surface area contributed by atoms with Crippen molar-refractivity contribution in [3.8, 4) is 0 Å². The van der Waals surface area contributed by atoms with E-state index in [0.29, 0.717) is 0 Å². The van der Waals surface area contributed by atoms with Gasteiger partial charge in [0.05, 0.1) is 10.7 Å². The van der Waals surface area contributed by atoms with E-state index < -0.39 is 18.6 Å². The average molecular weight is 133 g/mol. The maximum Gasteiger partial charge on any atom is 0.330 e. The van der Waals surface area contributed by atoms with E-state index in [9.17, 15) is 4.79 Å². The van der Waals surface area contributed by atoms with Crippen molar-refractivity contribution in [2.75, 3.05) is 20.3 Å². The minimum absolute atomic E-state index is 0.0327. The molecule has 0 aromatic heterocycles. The Kier molecular flexibility index (Phi) is 2.40. The number of methoxy groups -OCH3 is 1. The lowest BCUT2D eigenvalue weighted by Crippen LogP contribution is -2.06. The Morgan fingerprint density at radius 2 is 2.78 bits per heavy atom. The fraction of sp³-hybridized carbons (Fsp3) is 0.500. The summed E-state index contributed by atoms with van der Waals surface area (Å²) in [6.45, 7) is -0.576. The molecule has 0 fully saturated rings. The highest BCUT2D eigenvalue weighted by Gasteiger charge is 1.91. The van der Waals surface area contributed by atoms with E-state index in [1.165, 1.54) is 7.11 Å². The molecule has 3 heteroatoms. The van der Waals surface area contributed by atoms with Crippen LogP contribution in [0.4, 0.5) is 0 Å². The first kappa shape index (κ1) is 4.06. The molecule has 0 aromatic rings. The normalized spacial score (nSPS) is 12.8. The summed E-state index contributed by atoms with van der Waals surface area (Å²) in [5, 5.41) is 0. The fourth-order valence-corrected chi connectivity index (χ4v) is 0.254. The van der Waals surface area contributed by atoms with Crippen LogP contribution in [0.15, 0.2) is 12.6 Å². The monoisotopic (exact) mass is 133 g/mol. The van der Waals surface area contributed by atoms with E-state index >= 15 is 0 Å². The van der Waals surface area contributed by atoms with Crippen LogP contribution >= 0.6 is 0 Å². The molecule has 0 amide bonds. The number of ether oxygens (including phenoxy) is 2. The molecule has 3 nitrogen and oxygen atoms in total. The molecule has 0 saturated carbocycles. The molecule has 0 bridgehead atoms. The third-order valence-corrected chi connectivity index (χ3v) is 0.623. The van der Waals surface area contributed by atoms with Crippen molar-refractivity contribution < 1.29 is 18.4 Å². The zero-order valence-electron chi connectivity index (χ0n) is 8.14. The summed E-state index contributed by atoms with van der Waals surface area (Å²) < 4.78 is 29.1. The minimum atomic E-state index is -0.966. The van der Waals surface area contributed by atoms with E-state index in [1.54, 1.807) is 0 Å². The summed E-state index contributed by atoms with van der Waals surface area (Å²) >= 11 is 0. The van der Waals surface area contributed by atoms with Crippen LogP contribution in [0.1, 0.15) is 4.11 Å². The van der Waals surface area contributed by atoms with Crippen molar-refractivity contribution in [3.63, 3.8) is 0 Å². The second-order valence-electron chi connectivity index (χ2n) is 1.25. The molecule has 0 aliphatic carbocycles. The Morgan fingerprint density at radius 3 is 3.33 bits per heavy atom. The van der Waals surface area contributed by atoms with Crippen LogP contribution in [0.5, 0.6) is 0 Å².